The first-order chi connectivity index (χ1) is 13.6. The van der Waals surface area contributed by atoms with Crippen LogP contribution in [0.15, 0.2) is 29.2 Å². The lowest BCUT2D eigenvalue weighted by atomic mass is 9.78. The van der Waals surface area contributed by atoms with E-state index in [9.17, 15) is 9.18 Å². The van der Waals surface area contributed by atoms with Gasteiger partial charge in [-0.3, -0.25) is 4.79 Å². The Bertz CT molecular complexity index is 968. The van der Waals surface area contributed by atoms with Crippen LogP contribution in [0.4, 0.5) is 4.39 Å². The normalized spacial score (nSPS) is 21.7. The Morgan fingerprint density at radius 3 is 2.52 bits per heavy atom. The van der Waals surface area contributed by atoms with Crippen molar-refractivity contribution in [2.75, 3.05) is 0 Å². The Morgan fingerprint density at radius 2 is 1.90 bits per heavy atom. The van der Waals surface area contributed by atoms with Gasteiger partial charge < -0.3 is 19.6 Å². The number of nitrogens with zero attached hydrogens (tertiary/aromatic N) is 1. The van der Waals surface area contributed by atoms with E-state index in [0.717, 1.165) is 12.8 Å². The van der Waals surface area contributed by atoms with Crippen molar-refractivity contribution in [2.24, 2.45) is 11.7 Å². The van der Waals surface area contributed by atoms with Gasteiger partial charge in [-0.1, -0.05) is 6.07 Å². The quantitative estimate of drug-likeness (QED) is 0.758. The number of rotatable bonds is 6. The molecule has 2 aromatic rings. The first kappa shape index (κ1) is 20.6. The van der Waals surface area contributed by atoms with Crippen molar-refractivity contribution in [2.45, 2.75) is 77.2 Å². The van der Waals surface area contributed by atoms with Gasteiger partial charge in [-0.25, -0.2) is 4.39 Å². The molecule has 0 radical (unpaired) electrons. The number of hydrogen-bond donors (Lipinski definition) is 1. The number of benzene rings is 1. The van der Waals surface area contributed by atoms with Crippen LogP contribution in [-0.4, -0.2) is 28.9 Å². The van der Waals surface area contributed by atoms with Gasteiger partial charge in [0.1, 0.15) is 5.82 Å². The molecule has 2 aliphatic rings. The maximum Gasteiger partial charge on any atom is 0.497 e. The zero-order valence-electron chi connectivity index (χ0n) is 17.7. The SMILES string of the molecule is CC1(C)OB(c2cc3ccn(CCC[C@@H](N)C4CC4)c(=O)c3cc2F)OC1(C)C. The topological polar surface area (TPSA) is 66.5 Å². The Kier molecular flexibility index (Phi) is 5.12. The largest absolute Gasteiger partial charge is 0.497 e. The van der Waals surface area contributed by atoms with Crippen LogP contribution in [0.3, 0.4) is 0 Å². The van der Waals surface area contributed by atoms with E-state index in [2.05, 4.69) is 0 Å². The number of hydrogen-bond acceptors (Lipinski definition) is 4. The molecular weight excluding hydrogens is 370 g/mol. The monoisotopic (exact) mass is 400 g/mol. The number of fused-ring (bicyclic) bond motifs is 1. The predicted molar refractivity (Wildman–Crippen MR) is 114 cm³/mol. The van der Waals surface area contributed by atoms with Crippen LogP contribution in [0.2, 0.25) is 0 Å². The predicted octanol–water partition coefficient (Wildman–Crippen LogP) is 2.96. The second-order valence-electron chi connectivity index (χ2n) is 9.51. The van der Waals surface area contributed by atoms with Crippen LogP contribution >= 0.6 is 0 Å². The molecule has 2 heterocycles. The summed E-state index contributed by atoms with van der Waals surface area (Å²) in [4.78, 5) is 12.8. The summed E-state index contributed by atoms with van der Waals surface area (Å²) in [5, 5.41) is 1.06. The Hall–Kier alpha value is -1.70. The molecule has 0 bridgehead atoms. The van der Waals surface area contributed by atoms with Gasteiger partial charge >= 0.3 is 7.12 Å². The highest BCUT2D eigenvalue weighted by Crippen LogP contribution is 2.37. The molecule has 1 saturated heterocycles. The van der Waals surface area contributed by atoms with E-state index in [4.69, 9.17) is 15.0 Å². The van der Waals surface area contributed by atoms with Crippen LogP contribution in [0.25, 0.3) is 10.8 Å². The molecule has 5 nitrogen and oxygen atoms in total. The molecule has 1 aliphatic heterocycles. The van der Waals surface area contributed by atoms with Gasteiger partial charge in [0.25, 0.3) is 5.56 Å². The Balaban J connectivity index is 1.56. The first-order valence-electron chi connectivity index (χ1n) is 10.5. The van der Waals surface area contributed by atoms with Crippen LogP contribution in [0.5, 0.6) is 0 Å². The molecule has 0 spiro atoms. The average molecular weight is 400 g/mol. The summed E-state index contributed by atoms with van der Waals surface area (Å²) >= 11 is 0. The third-order valence-corrected chi connectivity index (χ3v) is 6.77. The van der Waals surface area contributed by atoms with Gasteiger partial charge in [-0.2, -0.15) is 0 Å². The molecule has 2 fully saturated rings. The van der Waals surface area contributed by atoms with Gasteiger partial charge in [-0.05, 0) is 76.8 Å². The highest BCUT2D eigenvalue weighted by molar-refractivity contribution is 6.62. The molecule has 1 aromatic carbocycles. The molecule has 7 heteroatoms. The van der Waals surface area contributed by atoms with Gasteiger partial charge in [0.05, 0.1) is 16.6 Å². The highest BCUT2D eigenvalue weighted by atomic mass is 19.1. The minimum atomic E-state index is -0.796. The summed E-state index contributed by atoms with van der Waals surface area (Å²) in [5.41, 5.74) is 5.19. The molecule has 2 N–H and O–H groups in total. The minimum absolute atomic E-state index is 0.179. The maximum absolute atomic E-state index is 14.9. The summed E-state index contributed by atoms with van der Waals surface area (Å²) in [6, 6.07) is 5.06. The number of halogens is 1. The highest BCUT2D eigenvalue weighted by Gasteiger charge is 2.52. The third kappa shape index (κ3) is 3.88. The third-order valence-electron chi connectivity index (χ3n) is 6.77. The van der Waals surface area contributed by atoms with Gasteiger partial charge in [-0.15, -0.1) is 0 Å². The number of aromatic nitrogens is 1. The zero-order chi connectivity index (χ0) is 21.0. The lowest BCUT2D eigenvalue weighted by Crippen LogP contribution is -2.41. The van der Waals surface area contributed by atoms with E-state index in [0.29, 0.717) is 28.7 Å². The molecule has 29 heavy (non-hydrogen) atoms. The summed E-state index contributed by atoms with van der Waals surface area (Å²) in [7, 11) is -0.796. The van der Waals surface area contributed by atoms with E-state index in [1.54, 1.807) is 16.8 Å². The molecule has 156 valence electrons. The van der Waals surface area contributed by atoms with Crippen molar-refractivity contribution < 1.29 is 13.7 Å². The van der Waals surface area contributed by atoms with E-state index < -0.39 is 24.1 Å². The van der Waals surface area contributed by atoms with Gasteiger partial charge in [0, 0.05) is 24.2 Å². The summed E-state index contributed by atoms with van der Waals surface area (Å²) < 4.78 is 28.5. The lowest BCUT2D eigenvalue weighted by molar-refractivity contribution is 0.00578. The molecule has 1 saturated carbocycles. The second kappa shape index (κ2) is 7.22. The molecule has 0 unspecified atom stereocenters. The van der Waals surface area contributed by atoms with Crippen molar-refractivity contribution in [3.63, 3.8) is 0 Å². The van der Waals surface area contributed by atoms with E-state index in [1.807, 2.05) is 33.8 Å². The summed E-state index contributed by atoms with van der Waals surface area (Å²) in [6.07, 6.45) is 5.98. The maximum atomic E-state index is 14.9. The van der Waals surface area contributed by atoms with Crippen molar-refractivity contribution in [1.82, 2.24) is 4.57 Å². The van der Waals surface area contributed by atoms with E-state index in [1.165, 1.54) is 18.9 Å². The molecule has 1 aromatic heterocycles. The summed E-state index contributed by atoms with van der Waals surface area (Å²) in [5.74, 6) is 0.174. The minimum Gasteiger partial charge on any atom is -0.399 e. The van der Waals surface area contributed by atoms with Crippen LogP contribution in [-0.2, 0) is 15.9 Å². The standard InChI is InChI=1S/C22H30BFN2O3/c1-21(2)22(3,4)29-23(28-21)17-12-15-9-11-26(20(27)16(15)13-18(17)24)10-5-6-19(25)14-7-8-14/h9,11-14,19H,5-8,10,25H2,1-4H3/t19-/m1/s1. The molecule has 0 amide bonds. The van der Waals surface area contributed by atoms with Crippen molar-refractivity contribution in [1.29, 1.82) is 0 Å². The fraction of sp³-hybridized carbons (Fsp3) is 0.591. The molecular formula is C22H30BFN2O3. The van der Waals surface area contributed by atoms with Gasteiger partial charge in [0.15, 0.2) is 0 Å². The smallest absolute Gasteiger partial charge is 0.399 e. The Morgan fingerprint density at radius 1 is 1.24 bits per heavy atom. The van der Waals surface area contributed by atoms with Crippen molar-refractivity contribution in [3.8, 4) is 0 Å². The molecule has 4 rings (SSSR count). The fourth-order valence-corrected chi connectivity index (χ4v) is 3.91. The fourth-order valence-electron chi connectivity index (χ4n) is 3.91. The number of nitrogens with two attached hydrogens (primary N) is 1. The van der Waals surface area contributed by atoms with Gasteiger partial charge in [0.2, 0.25) is 0 Å². The van der Waals surface area contributed by atoms with Crippen LogP contribution in [0.1, 0.15) is 53.4 Å². The van der Waals surface area contributed by atoms with E-state index >= 15 is 0 Å². The van der Waals surface area contributed by atoms with Crippen molar-refractivity contribution in [3.05, 3.63) is 40.6 Å². The van der Waals surface area contributed by atoms with Crippen LogP contribution in [0, 0.1) is 11.7 Å². The number of aryl methyl sites for hydroxylation is 1. The Labute approximate surface area is 171 Å². The number of pyridine rings is 1. The van der Waals surface area contributed by atoms with Crippen LogP contribution < -0.4 is 16.8 Å². The summed E-state index contributed by atoms with van der Waals surface area (Å²) in [6.45, 7) is 8.31. The molecule has 1 atom stereocenters. The second-order valence-corrected chi connectivity index (χ2v) is 9.51. The molecule has 1 aliphatic carbocycles. The average Bonchev–Trinajstić information content (AvgIpc) is 3.44. The lowest BCUT2D eigenvalue weighted by Gasteiger charge is -2.32. The van der Waals surface area contributed by atoms with Crippen molar-refractivity contribution >= 4 is 23.4 Å². The zero-order valence-corrected chi connectivity index (χ0v) is 17.7. The first-order valence-corrected chi connectivity index (χ1v) is 10.5. The van der Waals surface area contributed by atoms with E-state index in [-0.39, 0.29) is 11.6 Å².